The minimum Gasteiger partial charge on any atom is -0.381 e. The zero-order valence-electron chi connectivity index (χ0n) is 10.0. The SMILES string of the molecule is CN1CCCC(Nc2cc(Br)ccc2Br)CC1. The number of halogens is 2. The Morgan fingerprint density at radius 3 is 2.88 bits per heavy atom. The van der Waals surface area contributed by atoms with Crippen molar-refractivity contribution < 1.29 is 0 Å². The van der Waals surface area contributed by atoms with Gasteiger partial charge in [0.25, 0.3) is 0 Å². The molecule has 1 N–H and O–H groups in total. The van der Waals surface area contributed by atoms with E-state index in [1.807, 2.05) is 0 Å². The van der Waals surface area contributed by atoms with Crippen molar-refractivity contribution in [2.75, 3.05) is 25.5 Å². The van der Waals surface area contributed by atoms with E-state index in [0.717, 1.165) is 8.95 Å². The van der Waals surface area contributed by atoms with E-state index in [1.54, 1.807) is 0 Å². The summed E-state index contributed by atoms with van der Waals surface area (Å²) in [5.41, 5.74) is 1.19. The standard InChI is InChI=1S/C13H18Br2N2/c1-17-7-2-3-11(6-8-17)16-13-9-10(14)4-5-12(13)15/h4-5,9,11,16H,2-3,6-8H2,1H3. The lowest BCUT2D eigenvalue weighted by molar-refractivity contribution is 0.348. The van der Waals surface area contributed by atoms with Crippen LogP contribution in [-0.2, 0) is 0 Å². The van der Waals surface area contributed by atoms with Crippen molar-refractivity contribution in [1.29, 1.82) is 0 Å². The molecular weight excluding hydrogens is 344 g/mol. The molecule has 1 fully saturated rings. The molecule has 1 atom stereocenters. The van der Waals surface area contributed by atoms with Crippen LogP contribution in [0, 0.1) is 0 Å². The first-order valence-corrected chi connectivity index (χ1v) is 7.64. The molecule has 1 heterocycles. The molecule has 1 aliphatic heterocycles. The summed E-state index contributed by atoms with van der Waals surface area (Å²) in [6, 6.07) is 6.86. The number of likely N-dealkylation sites (tertiary alicyclic amines) is 1. The van der Waals surface area contributed by atoms with Gasteiger partial charge in [-0.1, -0.05) is 15.9 Å². The smallest absolute Gasteiger partial charge is 0.0498 e. The zero-order chi connectivity index (χ0) is 12.3. The molecule has 94 valence electrons. The van der Waals surface area contributed by atoms with E-state index >= 15 is 0 Å². The third kappa shape index (κ3) is 3.97. The first-order chi connectivity index (χ1) is 8.15. The molecule has 0 radical (unpaired) electrons. The fourth-order valence-electron chi connectivity index (χ4n) is 2.21. The van der Waals surface area contributed by atoms with Gasteiger partial charge in [-0.15, -0.1) is 0 Å². The first-order valence-electron chi connectivity index (χ1n) is 6.05. The van der Waals surface area contributed by atoms with Crippen LogP contribution in [0.3, 0.4) is 0 Å². The second-order valence-electron chi connectivity index (χ2n) is 4.70. The number of hydrogen-bond acceptors (Lipinski definition) is 2. The summed E-state index contributed by atoms with van der Waals surface area (Å²) < 4.78 is 2.26. The van der Waals surface area contributed by atoms with Gasteiger partial charge in [0.05, 0.1) is 0 Å². The second kappa shape index (κ2) is 6.21. The summed E-state index contributed by atoms with van der Waals surface area (Å²) in [7, 11) is 2.21. The second-order valence-corrected chi connectivity index (χ2v) is 6.47. The lowest BCUT2D eigenvalue weighted by atomic mass is 10.1. The molecule has 1 aromatic carbocycles. The van der Waals surface area contributed by atoms with Gasteiger partial charge in [0.1, 0.15) is 0 Å². The Morgan fingerprint density at radius 2 is 2.06 bits per heavy atom. The summed E-state index contributed by atoms with van der Waals surface area (Å²) in [6.45, 7) is 2.40. The summed E-state index contributed by atoms with van der Waals surface area (Å²) in [5, 5.41) is 3.65. The van der Waals surface area contributed by atoms with Gasteiger partial charge in [0.15, 0.2) is 0 Å². The number of rotatable bonds is 2. The third-order valence-electron chi connectivity index (χ3n) is 3.24. The minimum atomic E-state index is 0.588. The molecular formula is C13H18Br2N2. The van der Waals surface area contributed by atoms with Crippen molar-refractivity contribution in [3.8, 4) is 0 Å². The van der Waals surface area contributed by atoms with Crippen molar-refractivity contribution in [1.82, 2.24) is 4.90 Å². The van der Waals surface area contributed by atoms with Crippen molar-refractivity contribution in [3.05, 3.63) is 27.1 Å². The predicted octanol–water partition coefficient (Wildman–Crippen LogP) is 4.11. The topological polar surface area (TPSA) is 15.3 Å². The Labute approximate surface area is 120 Å². The van der Waals surface area contributed by atoms with Crippen molar-refractivity contribution in [2.24, 2.45) is 0 Å². The molecule has 0 aromatic heterocycles. The van der Waals surface area contributed by atoms with Crippen LogP contribution in [-0.4, -0.2) is 31.1 Å². The molecule has 0 saturated carbocycles. The summed E-state index contributed by atoms with van der Waals surface area (Å²) >= 11 is 7.11. The molecule has 2 nitrogen and oxygen atoms in total. The summed E-state index contributed by atoms with van der Waals surface area (Å²) in [4.78, 5) is 2.41. The Morgan fingerprint density at radius 1 is 1.24 bits per heavy atom. The predicted molar refractivity (Wildman–Crippen MR) is 80.6 cm³/mol. The average molecular weight is 362 g/mol. The quantitative estimate of drug-likeness (QED) is 0.852. The van der Waals surface area contributed by atoms with E-state index in [-0.39, 0.29) is 0 Å². The Balaban J connectivity index is 2.02. The van der Waals surface area contributed by atoms with Crippen LogP contribution >= 0.6 is 31.9 Å². The molecule has 0 aliphatic carbocycles. The number of nitrogens with zero attached hydrogens (tertiary/aromatic N) is 1. The highest BCUT2D eigenvalue weighted by Gasteiger charge is 2.15. The number of benzene rings is 1. The van der Waals surface area contributed by atoms with E-state index in [4.69, 9.17) is 0 Å². The monoisotopic (exact) mass is 360 g/mol. The molecule has 1 aliphatic rings. The van der Waals surface area contributed by atoms with Gasteiger partial charge < -0.3 is 10.2 Å². The molecule has 0 amide bonds. The minimum absolute atomic E-state index is 0.588. The molecule has 17 heavy (non-hydrogen) atoms. The van der Waals surface area contributed by atoms with E-state index in [2.05, 4.69) is 67.3 Å². The van der Waals surface area contributed by atoms with Crippen LogP contribution in [0.15, 0.2) is 27.1 Å². The Kier molecular flexibility index (Phi) is 4.88. The normalized spacial score (nSPS) is 22.2. The van der Waals surface area contributed by atoms with Gasteiger partial charge in [-0.2, -0.15) is 0 Å². The first kappa shape index (κ1) is 13.4. The van der Waals surface area contributed by atoms with E-state index in [0.29, 0.717) is 6.04 Å². The summed E-state index contributed by atoms with van der Waals surface area (Å²) in [6.07, 6.45) is 3.75. The van der Waals surface area contributed by atoms with Crippen molar-refractivity contribution in [3.63, 3.8) is 0 Å². The van der Waals surface area contributed by atoms with Crippen LogP contribution in [0.2, 0.25) is 0 Å². The Hall–Kier alpha value is -0.0600. The molecule has 1 unspecified atom stereocenters. The highest BCUT2D eigenvalue weighted by molar-refractivity contribution is 9.11. The van der Waals surface area contributed by atoms with Gasteiger partial charge >= 0.3 is 0 Å². The number of anilines is 1. The lowest BCUT2D eigenvalue weighted by Gasteiger charge is -2.19. The lowest BCUT2D eigenvalue weighted by Crippen LogP contribution is -2.23. The maximum Gasteiger partial charge on any atom is 0.0498 e. The fourth-order valence-corrected chi connectivity index (χ4v) is 2.93. The highest BCUT2D eigenvalue weighted by Crippen LogP contribution is 2.28. The van der Waals surface area contributed by atoms with Crippen LogP contribution in [0.1, 0.15) is 19.3 Å². The number of hydrogen-bond donors (Lipinski definition) is 1. The fraction of sp³-hybridized carbons (Fsp3) is 0.538. The molecule has 0 bridgehead atoms. The van der Waals surface area contributed by atoms with E-state index in [1.165, 1.54) is 38.0 Å². The van der Waals surface area contributed by atoms with Crippen LogP contribution in [0.4, 0.5) is 5.69 Å². The van der Waals surface area contributed by atoms with Crippen molar-refractivity contribution in [2.45, 2.75) is 25.3 Å². The molecule has 1 aromatic rings. The Bertz CT molecular complexity index is 382. The van der Waals surface area contributed by atoms with Crippen LogP contribution < -0.4 is 5.32 Å². The van der Waals surface area contributed by atoms with Gasteiger partial charge in [-0.25, -0.2) is 0 Å². The zero-order valence-corrected chi connectivity index (χ0v) is 13.2. The van der Waals surface area contributed by atoms with Gasteiger partial charge in [-0.3, -0.25) is 0 Å². The van der Waals surface area contributed by atoms with Gasteiger partial charge in [0.2, 0.25) is 0 Å². The van der Waals surface area contributed by atoms with Crippen molar-refractivity contribution >= 4 is 37.5 Å². The van der Waals surface area contributed by atoms with Gasteiger partial charge in [-0.05, 0) is 73.5 Å². The average Bonchev–Trinajstić information content (AvgIpc) is 2.49. The molecule has 4 heteroatoms. The maximum absolute atomic E-state index is 3.65. The molecule has 0 spiro atoms. The van der Waals surface area contributed by atoms with Gasteiger partial charge in [0, 0.05) is 20.7 Å². The highest BCUT2D eigenvalue weighted by atomic mass is 79.9. The maximum atomic E-state index is 3.65. The largest absolute Gasteiger partial charge is 0.381 e. The number of nitrogens with one attached hydrogen (secondary N) is 1. The molecule has 1 saturated heterocycles. The summed E-state index contributed by atoms with van der Waals surface area (Å²) in [5.74, 6) is 0. The van der Waals surface area contributed by atoms with E-state index < -0.39 is 0 Å². The van der Waals surface area contributed by atoms with E-state index in [9.17, 15) is 0 Å². The van der Waals surface area contributed by atoms with Crippen LogP contribution in [0.5, 0.6) is 0 Å². The van der Waals surface area contributed by atoms with Crippen LogP contribution in [0.25, 0.3) is 0 Å². The molecule has 2 rings (SSSR count). The third-order valence-corrected chi connectivity index (χ3v) is 4.42.